The van der Waals surface area contributed by atoms with E-state index in [1.165, 1.54) is 6.26 Å². The second-order valence-electron chi connectivity index (χ2n) is 8.41. The molecule has 2 heterocycles. The number of sulfone groups is 1. The second kappa shape index (κ2) is 9.11. The van der Waals surface area contributed by atoms with Crippen LogP contribution in [-0.2, 0) is 14.6 Å². The Bertz CT molecular complexity index is 778. The smallest absolute Gasteiger partial charge is 0.410 e. The fourth-order valence-corrected chi connectivity index (χ4v) is 4.17. The van der Waals surface area contributed by atoms with E-state index >= 15 is 0 Å². The number of hydrogen-bond donors (Lipinski definition) is 0. The maximum Gasteiger partial charge on any atom is 0.410 e. The zero-order valence-electron chi connectivity index (χ0n) is 17.5. The van der Waals surface area contributed by atoms with Gasteiger partial charge in [-0.2, -0.15) is 0 Å². The number of nitrogens with zero attached hydrogens (tertiary/aromatic N) is 2. The van der Waals surface area contributed by atoms with Gasteiger partial charge in [0.25, 0.3) is 0 Å². The number of hydrogen-bond acceptors (Lipinski definition) is 6. The maximum absolute atomic E-state index is 12.1. The lowest BCUT2D eigenvalue weighted by atomic mass is 9.92. The molecule has 1 aromatic heterocycles. The molecule has 0 unspecified atom stereocenters. The number of carbonyl (C=O) groups excluding carboxylic acids is 1. The van der Waals surface area contributed by atoms with Crippen LogP contribution in [0.4, 0.5) is 4.79 Å². The predicted octanol–water partition coefficient (Wildman–Crippen LogP) is 3.60. The summed E-state index contributed by atoms with van der Waals surface area (Å²) in [5, 5.41) is 0. The van der Waals surface area contributed by atoms with Gasteiger partial charge >= 0.3 is 6.09 Å². The number of rotatable bonds is 6. The minimum absolute atomic E-state index is 0.228. The van der Waals surface area contributed by atoms with Crippen molar-refractivity contribution in [2.75, 3.05) is 26.0 Å². The Morgan fingerprint density at radius 3 is 2.43 bits per heavy atom. The lowest BCUT2D eigenvalue weighted by molar-refractivity contribution is 0.0179. The third-order valence-corrected chi connectivity index (χ3v) is 5.91. The maximum atomic E-state index is 12.1. The number of piperidine rings is 1. The first-order chi connectivity index (χ1) is 13.0. The predicted molar refractivity (Wildman–Crippen MR) is 107 cm³/mol. The first-order valence-corrected chi connectivity index (χ1v) is 11.6. The van der Waals surface area contributed by atoms with Gasteiger partial charge in [0.15, 0.2) is 9.84 Å². The van der Waals surface area contributed by atoms with E-state index < -0.39 is 15.4 Å². The third-order valence-electron chi connectivity index (χ3n) is 4.68. The molecule has 0 N–H and O–H groups in total. The van der Waals surface area contributed by atoms with Gasteiger partial charge in [0, 0.05) is 25.4 Å². The van der Waals surface area contributed by atoms with Gasteiger partial charge < -0.3 is 14.4 Å². The molecule has 158 valence electrons. The minimum atomic E-state index is -3.27. The first-order valence-electron chi connectivity index (χ1n) is 9.74. The Balaban J connectivity index is 1.70. The normalized spacial score (nSPS) is 16.1. The van der Waals surface area contributed by atoms with Gasteiger partial charge in [-0.3, -0.25) is 0 Å². The van der Waals surface area contributed by atoms with Gasteiger partial charge in [-0.25, -0.2) is 18.2 Å². The van der Waals surface area contributed by atoms with E-state index in [0.29, 0.717) is 24.1 Å². The van der Waals surface area contributed by atoms with E-state index in [9.17, 15) is 13.2 Å². The summed E-state index contributed by atoms with van der Waals surface area (Å²) >= 11 is 0. The van der Waals surface area contributed by atoms with Crippen LogP contribution >= 0.6 is 0 Å². The summed E-state index contributed by atoms with van der Waals surface area (Å²) in [6.07, 6.45) is 4.81. The summed E-state index contributed by atoms with van der Waals surface area (Å²) in [7, 11) is -3.27. The van der Waals surface area contributed by atoms with Crippen molar-refractivity contribution in [1.29, 1.82) is 0 Å². The molecule has 0 saturated carbocycles. The number of pyridine rings is 1. The fraction of sp³-hybridized carbons (Fsp3) is 0.700. The van der Waals surface area contributed by atoms with Crippen LogP contribution in [0.5, 0.6) is 5.88 Å². The summed E-state index contributed by atoms with van der Waals surface area (Å²) in [5.41, 5.74) is -0.00788. The highest BCUT2D eigenvalue weighted by molar-refractivity contribution is 7.90. The van der Waals surface area contributed by atoms with Crippen LogP contribution in [0.1, 0.15) is 52.1 Å². The minimum Gasteiger partial charge on any atom is -0.478 e. The van der Waals surface area contributed by atoms with Gasteiger partial charge in [0.2, 0.25) is 5.88 Å². The molecule has 28 heavy (non-hydrogen) atoms. The van der Waals surface area contributed by atoms with Crippen molar-refractivity contribution < 1.29 is 22.7 Å². The van der Waals surface area contributed by atoms with Crippen LogP contribution in [0.3, 0.4) is 0 Å². The summed E-state index contributed by atoms with van der Waals surface area (Å²) in [4.78, 5) is 18.3. The van der Waals surface area contributed by atoms with E-state index in [1.807, 2.05) is 20.8 Å². The van der Waals surface area contributed by atoms with Crippen molar-refractivity contribution in [1.82, 2.24) is 9.88 Å². The lowest BCUT2D eigenvalue weighted by Crippen LogP contribution is -2.41. The third kappa shape index (κ3) is 6.96. The highest BCUT2D eigenvalue weighted by Crippen LogP contribution is 2.24. The van der Waals surface area contributed by atoms with Crippen LogP contribution in [-0.4, -0.2) is 55.9 Å². The lowest BCUT2D eigenvalue weighted by Gasteiger charge is -2.33. The number of ether oxygens (including phenoxy) is 2. The van der Waals surface area contributed by atoms with Crippen LogP contribution in [0.2, 0.25) is 0 Å². The van der Waals surface area contributed by atoms with Crippen molar-refractivity contribution in [2.24, 2.45) is 5.92 Å². The fourth-order valence-electron chi connectivity index (χ4n) is 3.28. The number of aromatic nitrogens is 1. The molecule has 1 aliphatic heterocycles. The molecule has 1 aromatic rings. The number of likely N-dealkylation sites (tertiary alicyclic amines) is 1. The number of aryl methyl sites for hydroxylation is 1. The molecule has 1 aliphatic rings. The molecule has 0 aliphatic carbocycles. The summed E-state index contributed by atoms with van der Waals surface area (Å²) in [5.74, 6) is 1.02. The Morgan fingerprint density at radius 2 is 1.89 bits per heavy atom. The molecule has 0 radical (unpaired) electrons. The zero-order chi connectivity index (χ0) is 20.9. The molecule has 2 rings (SSSR count). The Kier molecular flexibility index (Phi) is 7.31. The summed E-state index contributed by atoms with van der Waals surface area (Å²) < 4.78 is 34.3. The molecular weight excluding hydrogens is 380 g/mol. The highest BCUT2D eigenvalue weighted by atomic mass is 32.2. The molecule has 0 atom stereocenters. The van der Waals surface area contributed by atoms with Crippen molar-refractivity contribution in [3.05, 3.63) is 17.8 Å². The molecule has 8 heteroatoms. The molecule has 0 aromatic carbocycles. The van der Waals surface area contributed by atoms with E-state index in [4.69, 9.17) is 9.47 Å². The van der Waals surface area contributed by atoms with Gasteiger partial charge in [0.1, 0.15) is 5.60 Å². The van der Waals surface area contributed by atoms with Crippen LogP contribution in [0, 0.1) is 12.8 Å². The molecule has 1 saturated heterocycles. The number of amides is 1. The summed E-state index contributed by atoms with van der Waals surface area (Å²) in [6, 6.07) is 3.14. The molecular formula is C20H32N2O5S. The van der Waals surface area contributed by atoms with Crippen molar-refractivity contribution in [2.45, 2.75) is 63.9 Å². The second-order valence-corrected chi connectivity index (χ2v) is 10.4. The van der Waals surface area contributed by atoms with E-state index in [2.05, 4.69) is 4.98 Å². The summed E-state index contributed by atoms with van der Waals surface area (Å²) in [6.45, 7) is 9.30. The van der Waals surface area contributed by atoms with E-state index in [-0.39, 0.29) is 11.0 Å². The van der Waals surface area contributed by atoms with Crippen molar-refractivity contribution >= 4 is 15.9 Å². The first kappa shape index (κ1) is 22.5. The highest BCUT2D eigenvalue weighted by Gasteiger charge is 2.26. The standard InChI is InChI=1S/C20H32N2O5S/c1-15-17(28(5,24)25)8-9-18(21-15)26-14-6-7-16-10-12-22(13-11-16)19(23)27-20(2,3)4/h8-9,16H,6-7,10-14H2,1-5H3. The zero-order valence-corrected chi connectivity index (χ0v) is 18.3. The van der Waals surface area contributed by atoms with E-state index in [1.54, 1.807) is 24.0 Å². The Hall–Kier alpha value is -1.83. The quantitative estimate of drug-likeness (QED) is 0.664. The van der Waals surface area contributed by atoms with Gasteiger partial charge in [-0.05, 0) is 65.4 Å². The average molecular weight is 413 g/mol. The van der Waals surface area contributed by atoms with Crippen molar-refractivity contribution in [3.8, 4) is 5.88 Å². The van der Waals surface area contributed by atoms with Crippen molar-refractivity contribution in [3.63, 3.8) is 0 Å². The van der Waals surface area contributed by atoms with Crippen LogP contribution < -0.4 is 4.74 Å². The largest absolute Gasteiger partial charge is 0.478 e. The average Bonchev–Trinajstić information content (AvgIpc) is 2.56. The topological polar surface area (TPSA) is 85.8 Å². The van der Waals surface area contributed by atoms with Gasteiger partial charge in [-0.15, -0.1) is 0 Å². The van der Waals surface area contributed by atoms with Crippen LogP contribution in [0.25, 0.3) is 0 Å². The van der Waals surface area contributed by atoms with Crippen LogP contribution in [0.15, 0.2) is 17.0 Å². The van der Waals surface area contributed by atoms with Gasteiger partial charge in [0.05, 0.1) is 17.2 Å². The Morgan fingerprint density at radius 1 is 1.25 bits per heavy atom. The number of carbonyl (C=O) groups is 1. The molecule has 1 fully saturated rings. The molecule has 0 spiro atoms. The SMILES string of the molecule is Cc1nc(OCCCC2CCN(C(=O)OC(C)(C)C)CC2)ccc1S(C)(=O)=O. The molecule has 1 amide bonds. The molecule has 0 bridgehead atoms. The van der Waals surface area contributed by atoms with Gasteiger partial charge in [-0.1, -0.05) is 0 Å². The van der Waals surface area contributed by atoms with E-state index in [0.717, 1.165) is 38.8 Å². The monoisotopic (exact) mass is 412 g/mol. The Labute approximate surface area is 168 Å². The molecule has 7 nitrogen and oxygen atoms in total.